The molecule has 0 radical (unpaired) electrons. The van der Waals surface area contributed by atoms with Gasteiger partial charge in [0.15, 0.2) is 0 Å². The summed E-state index contributed by atoms with van der Waals surface area (Å²) in [6.45, 7) is 12.2. The van der Waals surface area contributed by atoms with Crippen molar-refractivity contribution in [2.45, 2.75) is 13.8 Å². The third-order valence-corrected chi connectivity index (χ3v) is 12.6. The summed E-state index contributed by atoms with van der Waals surface area (Å²) in [4.78, 5) is 9.06. The molecule has 0 atom stereocenters. The van der Waals surface area contributed by atoms with E-state index in [-0.39, 0.29) is 0 Å². The Kier molecular flexibility index (Phi) is 14.8. The largest absolute Gasteiger partial charge is 0.345 e. The predicted molar refractivity (Wildman–Crippen MR) is 307 cm³/mol. The van der Waals surface area contributed by atoms with Gasteiger partial charge in [0.1, 0.15) is 0 Å². The second kappa shape index (κ2) is 22.3. The molecule has 0 aromatic heterocycles. The number of fused-ring (bicyclic) bond motifs is 1. The summed E-state index contributed by atoms with van der Waals surface area (Å²) in [6, 6.07) is 80.2. The number of hydrogen-bond acceptors (Lipinski definition) is 4. The van der Waals surface area contributed by atoms with Crippen molar-refractivity contribution in [3.63, 3.8) is 0 Å². The van der Waals surface area contributed by atoms with Gasteiger partial charge in [-0.25, -0.2) is 0 Å². The molecule has 0 aliphatic rings. The summed E-state index contributed by atoms with van der Waals surface area (Å²) >= 11 is 0. The molecule has 346 valence electrons. The predicted octanol–water partition coefficient (Wildman–Crippen LogP) is 19.0. The third-order valence-electron chi connectivity index (χ3n) is 12.6. The van der Waals surface area contributed by atoms with Crippen molar-refractivity contribution < 1.29 is 0 Å². The van der Waals surface area contributed by atoms with Crippen LogP contribution in [0.15, 0.2) is 298 Å². The SMILES string of the molecule is C=C/C=C(\C=C/C)N(/C(C=C)=C/C=C\C)c1ccc(N(c2ccc(-c3ccc(-c4ccc(N(C)c5ccc(N(c6ccccc6)c6ccccc6)cc5)cc4)cc3)cc2)c2cccc3ccccc23)cc1. The van der Waals surface area contributed by atoms with Crippen LogP contribution in [0, 0.1) is 0 Å². The van der Waals surface area contributed by atoms with Crippen LogP contribution in [0.3, 0.4) is 0 Å². The van der Waals surface area contributed by atoms with Crippen LogP contribution in [0.5, 0.6) is 0 Å². The van der Waals surface area contributed by atoms with Crippen LogP contribution in [0.2, 0.25) is 0 Å². The average molecular weight is 919 g/mol. The van der Waals surface area contributed by atoms with Crippen molar-refractivity contribution in [2.75, 3.05) is 26.6 Å². The summed E-state index contributed by atoms with van der Waals surface area (Å²) in [5, 5.41) is 2.36. The standard InChI is InChI=1S/C67H58N4/c1-6-10-24-56(9-4)69(59(20-7-2)21-8-3)62-47-49-65(50-48-62)71(67-30-19-23-55-22-17-18-29-66(55)67)64-41-37-54(38-42-64)52-33-31-51(32-34-52)53-35-39-57(40-36-53)68(5)58-43-45-63(46-44-58)70(60-25-13-11-14-26-60)61-27-15-12-16-28-61/h6-50H,2,4H2,1,3,5H3/b10-6-,21-8-,56-24+,59-20+. The molecule has 0 heterocycles. The fourth-order valence-corrected chi connectivity index (χ4v) is 9.06. The topological polar surface area (TPSA) is 13.0 Å². The van der Waals surface area contributed by atoms with Crippen LogP contribution in [0.25, 0.3) is 33.0 Å². The zero-order valence-electron chi connectivity index (χ0n) is 40.7. The number of anilines is 9. The van der Waals surface area contributed by atoms with Gasteiger partial charge in [-0.3, -0.25) is 0 Å². The molecule has 0 aliphatic heterocycles. The first-order valence-electron chi connectivity index (χ1n) is 24.1. The molecule has 0 amide bonds. The lowest BCUT2D eigenvalue weighted by Crippen LogP contribution is -2.20. The first-order chi connectivity index (χ1) is 35.0. The first kappa shape index (κ1) is 47.0. The number of para-hydroxylation sites is 2. The van der Waals surface area contributed by atoms with Gasteiger partial charge in [-0.1, -0.05) is 159 Å². The van der Waals surface area contributed by atoms with E-state index in [0.29, 0.717) is 0 Å². The normalized spacial score (nSPS) is 11.8. The minimum absolute atomic E-state index is 0.950. The number of benzene rings is 9. The van der Waals surface area contributed by atoms with Gasteiger partial charge in [0.25, 0.3) is 0 Å². The molecule has 0 aliphatic carbocycles. The molecule has 9 rings (SSSR count). The number of allylic oxidation sites excluding steroid dienone is 8. The van der Waals surface area contributed by atoms with Crippen molar-refractivity contribution in [1.82, 2.24) is 0 Å². The average Bonchev–Trinajstić information content (AvgIpc) is 3.43. The van der Waals surface area contributed by atoms with E-state index in [1.54, 1.807) is 0 Å². The molecule has 0 saturated heterocycles. The van der Waals surface area contributed by atoms with E-state index < -0.39 is 0 Å². The highest BCUT2D eigenvalue weighted by Gasteiger charge is 2.19. The van der Waals surface area contributed by atoms with Crippen LogP contribution >= 0.6 is 0 Å². The van der Waals surface area contributed by atoms with Crippen LogP contribution in [-0.2, 0) is 0 Å². The van der Waals surface area contributed by atoms with Crippen molar-refractivity contribution in [2.24, 2.45) is 0 Å². The monoisotopic (exact) mass is 918 g/mol. The number of nitrogens with zero attached hydrogens (tertiary/aromatic N) is 4. The van der Waals surface area contributed by atoms with E-state index in [4.69, 9.17) is 0 Å². The van der Waals surface area contributed by atoms with E-state index in [1.807, 2.05) is 50.3 Å². The van der Waals surface area contributed by atoms with Gasteiger partial charge in [0.05, 0.1) is 5.69 Å². The Balaban J connectivity index is 0.951. The van der Waals surface area contributed by atoms with Crippen molar-refractivity contribution in [1.29, 1.82) is 0 Å². The Bertz CT molecular complexity index is 3280. The highest BCUT2D eigenvalue weighted by Crippen LogP contribution is 2.42. The minimum Gasteiger partial charge on any atom is -0.345 e. The Hall–Kier alpha value is -9.12. The smallest absolute Gasteiger partial charge is 0.0540 e. The first-order valence-corrected chi connectivity index (χ1v) is 24.1. The van der Waals surface area contributed by atoms with Gasteiger partial charge in [-0.05, 0) is 169 Å². The highest BCUT2D eigenvalue weighted by molar-refractivity contribution is 5.99. The maximum Gasteiger partial charge on any atom is 0.0540 e. The minimum atomic E-state index is 0.950. The highest BCUT2D eigenvalue weighted by atomic mass is 15.2. The molecule has 0 unspecified atom stereocenters. The van der Waals surface area contributed by atoms with Crippen molar-refractivity contribution in [3.8, 4) is 22.3 Å². The Morgan fingerprint density at radius 3 is 1.31 bits per heavy atom. The molecule has 4 heteroatoms. The van der Waals surface area contributed by atoms with E-state index in [2.05, 4.69) is 276 Å². The van der Waals surface area contributed by atoms with Crippen LogP contribution in [-0.4, -0.2) is 7.05 Å². The third kappa shape index (κ3) is 10.5. The lowest BCUT2D eigenvalue weighted by molar-refractivity contribution is 1.14. The molecule has 71 heavy (non-hydrogen) atoms. The van der Waals surface area contributed by atoms with Gasteiger partial charge in [0, 0.05) is 69.3 Å². The van der Waals surface area contributed by atoms with Gasteiger partial charge < -0.3 is 19.6 Å². The van der Waals surface area contributed by atoms with Crippen LogP contribution in [0.1, 0.15) is 13.8 Å². The quantitative estimate of drug-likeness (QED) is 0.0844. The number of hydrogen-bond donors (Lipinski definition) is 0. The maximum absolute atomic E-state index is 4.17. The Labute approximate surface area is 420 Å². The Morgan fingerprint density at radius 2 is 0.803 bits per heavy atom. The molecule has 0 N–H and O–H groups in total. The molecular weight excluding hydrogens is 861 g/mol. The van der Waals surface area contributed by atoms with E-state index in [9.17, 15) is 0 Å². The van der Waals surface area contributed by atoms with Crippen molar-refractivity contribution >= 4 is 62.0 Å². The van der Waals surface area contributed by atoms with Crippen molar-refractivity contribution in [3.05, 3.63) is 298 Å². The number of rotatable bonds is 17. The van der Waals surface area contributed by atoms with Gasteiger partial charge in [-0.15, -0.1) is 0 Å². The molecule has 0 saturated carbocycles. The molecular formula is C67H58N4. The molecule has 0 bridgehead atoms. The summed E-state index contributed by atoms with van der Waals surface area (Å²) in [5.74, 6) is 0. The second-order valence-electron chi connectivity index (χ2n) is 17.1. The van der Waals surface area contributed by atoms with Crippen LogP contribution in [0.4, 0.5) is 51.2 Å². The fraction of sp³-hybridized carbons (Fsp3) is 0.0448. The molecule has 9 aromatic rings. The fourth-order valence-electron chi connectivity index (χ4n) is 9.06. The maximum atomic E-state index is 4.17. The lowest BCUT2D eigenvalue weighted by Gasteiger charge is -2.30. The molecule has 4 nitrogen and oxygen atoms in total. The lowest BCUT2D eigenvalue weighted by atomic mass is 9.99. The summed E-state index contributed by atoms with van der Waals surface area (Å²) in [5.41, 5.74) is 16.4. The van der Waals surface area contributed by atoms with E-state index in [0.717, 1.165) is 73.7 Å². The van der Waals surface area contributed by atoms with Gasteiger partial charge >= 0.3 is 0 Å². The molecule has 0 spiro atoms. The van der Waals surface area contributed by atoms with Crippen LogP contribution < -0.4 is 19.6 Å². The molecule has 9 aromatic carbocycles. The van der Waals surface area contributed by atoms with Gasteiger partial charge in [-0.2, -0.15) is 0 Å². The Morgan fingerprint density at radius 1 is 0.380 bits per heavy atom. The summed E-state index contributed by atoms with van der Waals surface area (Å²) in [7, 11) is 2.12. The van der Waals surface area contributed by atoms with E-state index >= 15 is 0 Å². The zero-order chi connectivity index (χ0) is 48.9. The van der Waals surface area contributed by atoms with E-state index in [1.165, 1.54) is 21.9 Å². The summed E-state index contributed by atoms with van der Waals surface area (Å²) in [6.07, 6.45) is 16.0. The summed E-state index contributed by atoms with van der Waals surface area (Å²) < 4.78 is 0. The molecule has 0 fully saturated rings. The zero-order valence-corrected chi connectivity index (χ0v) is 40.7. The second-order valence-corrected chi connectivity index (χ2v) is 17.1. The van der Waals surface area contributed by atoms with Gasteiger partial charge in [0.2, 0.25) is 0 Å².